The van der Waals surface area contributed by atoms with Crippen LogP contribution in [0.15, 0.2) is 51.8 Å². The summed E-state index contributed by atoms with van der Waals surface area (Å²) in [6.07, 6.45) is 2.60. The molecule has 2 unspecified atom stereocenters. The van der Waals surface area contributed by atoms with Crippen LogP contribution in [0.2, 0.25) is 0 Å². The number of nitrogens with one attached hydrogen (secondary N) is 1. The summed E-state index contributed by atoms with van der Waals surface area (Å²) in [4.78, 5) is 28.1. The summed E-state index contributed by atoms with van der Waals surface area (Å²) < 4.78 is 48.2. The molecule has 0 aromatic heterocycles. The molecule has 1 aliphatic heterocycles. The minimum atomic E-state index is -3.97. The Morgan fingerprint density at radius 3 is 2.58 bits per heavy atom. The van der Waals surface area contributed by atoms with Crippen molar-refractivity contribution in [3.05, 3.63) is 59.4 Å². The van der Waals surface area contributed by atoms with Crippen molar-refractivity contribution >= 4 is 33.4 Å². The number of aryl methyl sites for hydroxylation is 1. The Hall–Kier alpha value is -3.27. The zero-order valence-corrected chi connectivity index (χ0v) is 21.2. The number of rotatable bonds is 7. The quantitative estimate of drug-likeness (QED) is 0.555. The van der Waals surface area contributed by atoms with E-state index in [4.69, 9.17) is 4.74 Å². The summed E-state index contributed by atoms with van der Waals surface area (Å²) in [5, 5.41) is 2.98. The predicted octanol–water partition coefficient (Wildman–Crippen LogP) is 4.19. The molecule has 2 atom stereocenters. The molecule has 1 saturated carbocycles. The molecule has 1 heterocycles. The lowest BCUT2D eigenvalue weighted by Crippen LogP contribution is -2.49. The summed E-state index contributed by atoms with van der Waals surface area (Å²) in [6, 6.07) is 10.4. The Morgan fingerprint density at radius 2 is 1.86 bits per heavy atom. The molecule has 8 nitrogen and oxygen atoms in total. The van der Waals surface area contributed by atoms with E-state index < -0.39 is 27.8 Å². The summed E-state index contributed by atoms with van der Waals surface area (Å²) in [6.45, 7) is 3.92. The molecule has 1 amide bonds. The normalized spacial score (nSPS) is 20.5. The number of amides is 1. The van der Waals surface area contributed by atoms with Gasteiger partial charge >= 0.3 is 5.97 Å². The van der Waals surface area contributed by atoms with Crippen LogP contribution in [0.25, 0.3) is 0 Å². The van der Waals surface area contributed by atoms with Gasteiger partial charge in [-0.15, -0.1) is 4.40 Å². The van der Waals surface area contributed by atoms with Crippen LogP contribution >= 0.6 is 0 Å². The van der Waals surface area contributed by atoms with Crippen molar-refractivity contribution in [3.63, 3.8) is 0 Å². The van der Waals surface area contributed by atoms with Gasteiger partial charge < -0.3 is 15.0 Å². The molecule has 0 saturated heterocycles. The molecule has 10 heteroatoms. The second-order valence-corrected chi connectivity index (χ2v) is 10.7. The fourth-order valence-electron chi connectivity index (χ4n) is 4.83. The highest BCUT2D eigenvalue weighted by Gasteiger charge is 2.38. The van der Waals surface area contributed by atoms with Gasteiger partial charge in [-0.2, -0.15) is 8.42 Å². The Labute approximate surface area is 210 Å². The molecule has 4 rings (SSSR count). The van der Waals surface area contributed by atoms with Crippen molar-refractivity contribution in [2.75, 3.05) is 11.9 Å². The molecule has 1 N–H and O–H groups in total. The minimum Gasteiger partial charge on any atom is -0.466 e. The van der Waals surface area contributed by atoms with Crippen LogP contribution in [-0.4, -0.2) is 43.7 Å². The SMILES string of the molecule is CCOC(=O)C1CCCCC1N(Cc1ccc(F)cc1)C(=O)CC1=NS(=O)(=O)c2cc(C)ccc2N1. The number of benzene rings is 2. The first-order valence-electron chi connectivity index (χ1n) is 12.1. The number of nitrogens with zero attached hydrogens (tertiary/aromatic N) is 2. The molecular formula is C26H30FN3O5S. The van der Waals surface area contributed by atoms with E-state index in [1.54, 1.807) is 43.0 Å². The maximum Gasteiger partial charge on any atom is 0.311 e. The van der Waals surface area contributed by atoms with E-state index in [1.165, 1.54) is 18.2 Å². The molecule has 0 bridgehead atoms. The maximum absolute atomic E-state index is 13.7. The van der Waals surface area contributed by atoms with Crippen LogP contribution in [0.3, 0.4) is 0 Å². The molecule has 2 aliphatic rings. The highest BCUT2D eigenvalue weighted by molar-refractivity contribution is 7.90. The van der Waals surface area contributed by atoms with Crippen LogP contribution in [0.5, 0.6) is 0 Å². The molecule has 36 heavy (non-hydrogen) atoms. The topological polar surface area (TPSA) is 105 Å². The third kappa shape index (κ3) is 5.75. The molecule has 192 valence electrons. The molecule has 1 fully saturated rings. The number of sulfonamides is 1. The smallest absolute Gasteiger partial charge is 0.311 e. The van der Waals surface area contributed by atoms with Gasteiger partial charge in [-0.3, -0.25) is 9.59 Å². The van der Waals surface area contributed by atoms with Gasteiger partial charge in [-0.25, -0.2) is 4.39 Å². The lowest BCUT2D eigenvalue weighted by atomic mass is 9.83. The number of fused-ring (bicyclic) bond motifs is 1. The molecule has 1 aliphatic carbocycles. The molecule has 2 aromatic carbocycles. The number of esters is 1. The zero-order chi connectivity index (χ0) is 25.9. The fourth-order valence-corrected chi connectivity index (χ4v) is 6.06. The van der Waals surface area contributed by atoms with Gasteiger partial charge in [0.2, 0.25) is 5.91 Å². The number of carbonyl (C=O) groups is 2. The third-order valence-corrected chi connectivity index (χ3v) is 7.90. The second-order valence-electron chi connectivity index (χ2n) is 9.17. The van der Waals surface area contributed by atoms with E-state index in [-0.39, 0.29) is 42.2 Å². The Kier molecular flexibility index (Phi) is 7.73. The minimum absolute atomic E-state index is 0.0175. The first-order chi connectivity index (χ1) is 17.2. The van der Waals surface area contributed by atoms with Gasteiger partial charge in [0.05, 0.1) is 24.6 Å². The van der Waals surface area contributed by atoms with Crippen molar-refractivity contribution in [2.24, 2.45) is 10.3 Å². The van der Waals surface area contributed by atoms with Gasteiger partial charge in [0.25, 0.3) is 10.0 Å². The van der Waals surface area contributed by atoms with Crippen molar-refractivity contribution in [1.29, 1.82) is 0 Å². The number of carbonyl (C=O) groups excluding carboxylic acids is 2. The number of anilines is 1. The summed E-state index contributed by atoms with van der Waals surface area (Å²) in [7, 11) is -3.97. The van der Waals surface area contributed by atoms with E-state index in [2.05, 4.69) is 9.71 Å². The maximum atomic E-state index is 13.7. The van der Waals surface area contributed by atoms with Crippen LogP contribution < -0.4 is 5.32 Å². The Morgan fingerprint density at radius 1 is 1.14 bits per heavy atom. The standard InChI is InChI=1S/C26H30FN3O5S/c1-3-35-26(32)20-6-4-5-7-22(20)30(16-18-9-11-19(27)12-10-18)25(31)15-24-28-21-13-8-17(2)14-23(21)36(33,34)29-24/h8-14,20,22H,3-7,15-16H2,1-2H3,(H,28,29). The van der Waals surface area contributed by atoms with E-state index in [0.29, 0.717) is 24.1 Å². The first kappa shape index (κ1) is 25.8. The Balaban J connectivity index is 1.63. The highest BCUT2D eigenvalue weighted by Crippen LogP contribution is 2.32. The van der Waals surface area contributed by atoms with Gasteiger partial charge in [-0.1, -0.05) is 31.0 Å². The van der Waals surface area contributed by atoms with Crippen LogP contribution in [0.1, 0.15) is 50.2 Å². The van der Waals surface area contributed by atoms with E-state index in [9.17, 15) is 22.4 Å². The molecular weight excluding hydrogens is 485 g/mol. The van der Waals surface area contributed by atoms with Crippen LogP contribution in [-0.2, 0) is 30.9 Å². The molecule has 0 spiro atoms. The lowest BCUT2D eigenvalue weighted by molar-refractivity contribution is -0.154. The average Bonchev–Trinajstić information content (AvgIpc) is 2.84. The monoisotopic (exact) mass is 515 g/mol. The number of hydrogen-bond donors (Lipinski definition) is 1. The summed E-state index contributed by atoms with van der Waals surface area (Å²) >= 11 is 0. The number of amidine groups is 1. The second kappa shape index (κ2) is 10.8. The van der Waals surface area contributed by atoms with Crippen molar-refractivity contribution in [2.45, 2.75) is 63.4 Å². The van der Waals surface area contributed by atoms with Gasteiger partial charge in [-0.05, 0) is 62.1 Å². The average molecular weight is 516 g/mol. The van der Waals surface area contributed by atoms with Gasteiger partial charge in [0, 0.05) is 12.6 Å². The first-order valence-corrected chi connectivity index (χ1v) is 13.5. The van der Waals surface area contributed by atoms with E-state index in [1.807, 2.05) is 0 Å². The largest absolute Gasteiger partial charge is 0.466 e. The number of ether oxygens (including phenoxy) is 1. The Bertz CT molecular complexity index is 1280. The fraction of sp³-hybridized carbons (Fsp3) is 0.423. The molecule has 2 aromatic rings. The van der Waals surface area contributed by atoms with Gasteiger partial charge in [0.1, 0.15) is 16.5 Å². The van der Waals surface area contributed by atoms with Crippen molar-refractivity contribution in [1.82, 2.24) is 4.90 Å². The van der Waals surface area contributed by atoms with Gasteiger partial charge in [0.15, 0.2) is 0 Å². The van der Waals surface area contributed by atoms with Crippen molar-refractivity contribution in [3.8, 4) is 0 Å². The lowest BCUT2D eigenvalue weighted by Gasteiger charge is -2.39. The summed E-state index contributed by atoms with van der Waals surface area (Å²) in [5.41, 5.74) is 1.84. The highest BCUT2D eigenvalue weighted by atomic mass is 32.2. The summed E-state index contributed by atoms with van der Waals surface area (Å²) in [5.74, 6) is -1.59. The number of halogens is 1. The van der Waals surface area contributed by atoms with Crippen LogP contribution in [0.4, 0.5) is 10.1 Å². The van der Waals surface area contributed by atoms with Crippen LogP contribution in [0, 0.1) is 18.7 Å². The van der Waals surface area contributed by atoms with E-state index >= 15 is 0 Å². The number of hydrogen-bond acceptors (Lipinski definition) is 6. The molecule has 0 radical (unpaired) electrons. The predicted molar refractivity (Wildman–Crippen MR) is 133 cm³/mol. The zero-order valence-electron chi connectivity index (χ0n) is 20.4. The van der Waals surface area contributed by atoms with E-state index in [0.717, 1.165) is 18.4 Å². The van der Waals surface area contributed by atoms with Crippen molar-refractivity contribution < 1.29 is 27.1 Å². The third-order valence-electron chi connectivity index (χ3n) is 6.55.